The van der Waals surface area contributed by atoms with Crippen LogP contribution in [0.15, 0.2) is 0 Å². The summed E-state index contributed by atoms with van der Waals surface area (Å²) in [5.41, 5.74) is 5.72. The molecule has 3 N–H and O–H groups in total. The van der Waals surface area contributed by atoms with Gasteiger partial charge in [-0.3, -0.25) is 4.79 Å². The lowest BCUT2D eigenvalue weighted by Crippen LogP contribution is -2.42. The van der Waals surface area contributed by atoms with Gasteiger partial charge in [0.25, 0.3) is 0 Å². The van der Waals surface area contributed by atoms with Crippen molar-refractivity contribution in [2.24, 2.45) is 17.6 Å². The number of nitrogens with zero attached hydrogens (tertiary/aromatic N) is 1. The maximum Gasteiger partial charge on any atom is 0.223 e. The first kappa shape index (κ1) is 13.8. The highest BCUT2D eigenvalue weighted by molar-refractivity contribution is 5.78. The van der Waals surface area contributed by atoms with Crippen LogP contribution in [0.2, 0.25) is 0 Å². The molecule has 1 amide bonds. The molecule has 1 saturated heterocycles. The Bertz CT molecular complexity index is 282. The standard InChI is InChI=1S/C14H27N3O/c1-17-7-3-6-13(17)10-16-14(18)12-5-2-4-11(8-12)9-15/h11-13H,2-10,15H2,1H3,(H,16,18). The summed E-state index contributed by atoms with van der Waals surface area (Å²) in [6.45, 7) is 2.72. The van der Waals surface area contributed by atoms with Crippen LogP contribution in [-0.4, -0.2) is 43.5 Å². The Balaban J connectivity index is 1.73. The smallest absolute Gasteiger partial charge is 0.223 e. The molecule has 2 fully saturated rings. The van der Waals surface area contributed by atoms with Crippen LogP contribution < -0.4 is 11.1 Å². The Kier molecular flexibility index (Phi) is 5.01. The lowest BCUT2D eigenvalue weighted by molar-refractivity contribution is -0.126. The van der Waals surface area contributed by atoms with E-state index in [9.17, 15) is 4.79 Å². The van der Waals surface area contributed by atoms with E-state index in [1.165, 1.54) is 25.8 Å². The van der Waals surface area contributed by atoms with Crippen LogP contribution in [0.5, 0.6) is 0 Å². The largest absolute Gasteiger partial charge is 0.354 e. The molecule has 1 aliphatic carbocycles. The van der Waals surface area contributed by atoms with Gasteiger partial charge in [0.2, 0.25) is 5.91 Å². The average Bonchev–Trinajstić information content (AvgIpc) is 2.81. The molecule has 2 aliphatic rings. The maximum atomic E-state index is 12.2. The van der Waals surface area contributed by atoms with E-state index in [1.807, 2.05) is 0 Å². The predicted octanol–water partition coefficient (Wildman–Crippen LogP) is 0.962. The topological polar surface area (TPSA) is 58.4 Å². The molecule has 104 valence electrons. The number of carbonyl (C=O) groups excluding carboxylic acids is 1. The molecule has 4 heteroatoms. The van der Waals surface area contributed by atoms with Crippen LogP contribution in [-0.2, 0) is 4.79 Å². The molecule has 1 aliphatic heterocycles. The Morgan fingerprint density at radius 3 is 2.83 bits per heavy atom. The zero-order valence-electron chi connectivity index (χ0n) is 11.5. The van der Waals surface area contributed by atoms with Gasteiger partial charge in [0, 0.05) is 18.5 Å². The Labute approximate surface area is 110 Å². The second-order valence-electron chi connectivity index (χ2n) is 5.99. The maximum absolute atomic E-state index is 12.2. The number of carbonyl (C=O) groups is 1. The van der Waals surface area contributed by atoms with Crippen molar-refractivity contribution in [3.8, 4) is 0 Å². The van der Waals surface area contributed by atoms with E-state index < -0.39 is 0 Å². The highest BCUT2D eigenvalue weighted by Gasteiger charge is 2.27. The zero-order chi connectivity index (χ0) is 13.0. The summed E-state index contributed by atoms with van der Waals surface area (Å²) < 4.78 is 0. The average molecular weight is 253 g/mol. The van der Waals surface area contributed by atoms with E-state index in [0.717, 1.165) is 32.4 Å². The number of hydrogen-bond donors (Lipinski definition) is 2. The summed E-state index contributed by atoms with van der Waals surface area (Å²) in [6, 6.07) is 0.544. The monoisotopic (exact) mass is 253 g/mol. The molecule has 0 aromatic rings. The van der Waals surface area contributed by atoms with Crippen molar-refractivity contribution >= 4 is 5.91 Å². The first-order valence-corrected chi connectivity index (χ1v) is 7.38. The van der Waals surface area contributed by atoms with Crippen LogP contribution >= 0.6 is 0 Å². The molecule has 2 rings (SSSR count). The number of likely N-dealkylation sites (tertiary alicyclic amines) is 1. The summed E-state index contributed by atoms with van der Waals surface area (Å²) in [4.78, 5) is 14.5. The number of amides is 1. The third-order valence-electron chi connectivity index (χ3n) is 4.67. The van der Waals surface area contributed by atoms with Crippen molar-refractivity contribution in [3.63, 3.8) is 0 Å². The second kappa shape index (κ2) is 6.53. The highest BCUT2D eigenvalue weighted by atomic mass is 16.1. The van der Waals surface area contributed by atoms with Crippen molar-refractivity contribution in [2.75, 3.05) is 26.7 Å². The third-order valence-corrected chi connectivity index (χ3v) is 4.67. The fraction of sp³-hybridized carbons (Fsp3) is 0.929. The van der Waals surface area contributed by atoms with E-state index in [2.05, 4.69) is 17.3 Å². The third kappa shape index (κ3) is 3.45. The number of rotatable bonds is 4. The Morgan fingerprint density at radius 2 is 2.17 bits per heavy atom. The molecule has 0 radical (unpaired) electrons. The first-order valence-electron chi connectivity index (χ1n) is 7.38. The van der Waals surface area contributed by atoms with E-state index >= 15 is 0 Å². The molecule has 0 spiro atoms. The quantitative estimate of drug-likeness (QED) is 0.784. The molecule has 18 heavy (non-hydrogen) atoms. The minimum atomic E-state index is 0.207. The van der Waals surface area contributed by atoms with E-state index in [4.69, 9.17) is 5.73 Å². The minimum absolute atomic E-state index is 0.207. The van der Waals surface area contributed by atoms with E-state index in [-0.39, 0.29) is 11.8 Å². The van der Waals surface area contributed by atoms with Gasteiger partial charge in [-0.1, -0.05) is 6.42 Å². The van der Waals surface area contributed by atoms with Crippen molar-refractivity contribution in [1.29, 1.82) is 0 Å². The summed E-state index contributed by atoms with van der Waals surface area (Å²) in [5, 5.41) is 3.15. The van der Waals surface area contributed by atoms with Gasteiger partial charge in [-0.05, 0) is 58.2 Å². The summed E-state index contributed by atoms with van der Waals surface area (Å²) in [5.74, 6) is 1.02. The molecule has 1 heterocycles. The molecule has 3 unspecified atom stereocenters. The van der Waals surface area contributed by atoms with Crippen molar-refractivity contribution in [2.45, 2.75) is 44.6 Å². The minimum Gasteiger partial charge on any atom is -0.354 e. The molecule has 0 aromatic heterocycles. The zero-order valence-corrected chi connectivity index (χ0v) is 11.5. The summed E-state index contributed by atoms with van der Waals surface area (Å²) >= 11 is 0. The highest BCUT2D eigenvalue weighted by Crippen LogP contribution is 2.28. The van der Waals surface area contributed by atoms with Gasteiger partial charge in [0.05, 0.1) is 0 Å². The lowest BCUT2D eigenvalue weighted by Gasteiger charge is -2.28. The molecule has 4 nitrogen and oxygen atoms in total. The normalized spacial score (nSPS) is 33.6. The van der Waals surface area contributed by atoms with Gasteiger partial charge in [-0.2, -0.15) is 0 Å². The number of likely N-dealkylation sites (N-methyl/N-ethyl adjacent to an activating group) is 1. The Hall–Kier alpha value is -0.610. The van der Waals surface area contributed by atoms with Crippen LogP contribution in [0.25, 0.3) is 0 Å². The van der Waals surface area contributed by atoms with Crippen molar-refractivity contribution < 1.29 is 4.79 Å². The SMILES string of the molecule is CN1CCCC1CNC(=O)C1CCCC(CN)C1. The summed E-state index contributed by atoms with van der Waals surface area (Å²) in [6.07, 6.45) is 6.86. The molecule has 3 atom stereocenters. The van der Waals surface area contributed by atoms with Gasteiger partial charge < -0.3 is 16.0 Å². The lowest BCUT2D eigenvalue weighted by atomic mass is 9.81. The Morgan fingerprint density at radius 1 is 1.33 bits per heavy atom. The fourth-order valence-corrected chi connectivity index (χ4v) is 3.34. The predicted molar refractivity (Wildman–Crippen MR) is 73.2 cm³/mol. The van der Waals surface area contributed by atoms with Crippen molar-refractivity contribution in [3.05, 3.63) is 0 Å². The van der Waals surface area contributed by atoms with Gasteiger partial charge in [-0.25, -0.2) is 0 Å². The summed E-state index contributed by atoms with van der Waals surface area (Å²) in [7, 11) is 2.15. The van der Waals surface area contributed by atoms with Crippen LogP contribution in [0.4, 0.5) is 0 Å². The second-order valence-corrected chi connectivity index (χ2v) is 5.99. The molecule has 1 saturated carbocycles. The number of nitrogens with two attached hydrogens (primary N) is 1. The molecular formula is C14H27N3O. The number of nitrogens with one attached hydrogen (secondary N) is 1. The molecule has 0 aromatic carbocycles. The van der Waals surface area contributed by atoms with Gasteiger partial charge in [-0.15, -0.1) is 0 Å². The van der Waals surface area contributed by atoms with Crippen molar-refractivity contribution in [1.82, 2.24) is 10.2 Å². The first-order chi connectivity index (χ1) is 8.70. The molecule has 0 bridgehead atoms. The van der Waals surface area contributed by atoms with E-state index in [0.29, 0.717) is 12.0 Å². The van der Waals surface area contributed by atoms with Gasteiger partial charge in [0.1, 0.15) is 0 Å². The van der Waals surface area contributed by atoms with E-state index in [1.54, 1.807) is 0 Å². The number of hydrogen-bond acceptors (Lipinski definition) is 3. The van der Waals surface area contributed by atoms with Crippen LogP contribution in [0.3, 0.4) is 0 Å². The molecular weight excluding hydrogens is 226 g/mol. The fourth-order valence-electron chi connectivity index (χ4n) is 3.34. The van der Waals surface area contributed by atoms with Crippen LogP contribution in [0, 0.1) is 11.8 Å². The van der Waals surface area contributed by atoms with Gasteiger partial charge >= 0.3 is 0 Å². The van der Waals surface area contributed by atoms with Gasteiger partial charge in [0.15, 0.2) is 0 Å². The van der Waals surface area contributed by atoms with Crippen LogP contribution in [0.1, 0.15) is 38.5 Å².